The summed E-state index contributed by atoms with van der Waals surface area (Å²) in [6, 6.07) is 0. The first-order valence-electron chi connectivity index (χ1n) is 3.74. The average molecular weight is 185 g/mol. The van der Waals surface area contributed by atoms with Crippen LogP contribution in [0.2, 0.25) is 0 Å². The number of rotatable bonds is 6. The van der Waals surface area contributed by atoms with Crippen LogP contribution in [-0.4, -0.2) is 36.8 Å². The SMILES string of the molecule is CCOC(=O)/C=C/CN(C=O)C=O. The Morgan fingerprint density at radius 1 is 1.38 bits per heavy atom. The molecule has 0 N–H and O–H groups in total. The Morgan fingerprint density at radius 2 is 2.00 bits per heavy atom. The Balaban J connectivity index is 3.78. The van der Waals surface area contributed by atoms with Gasteiger partial charge >= 0.3 is 5.97 Å². The van der Waals surface area contributed by atoms with Crippen LogP contribution < -0.4 is 0 Å². The van der Waals surface area contributed by atoms with Crippen molar-refractivity contribution in [3.05, 3.63) is 12.2 Å². The first-order chi connectivity index (χ1) is 6.24. The van der Waals surface area contributed by atoms with Crippen LogP contribution in [0.3, 0.4) is 0 Å². The third-order valence-electron chi connectivity index (χ3n) is 1.13. The Bertz CT molecular complexity index is 204. The summed E-state index contributed by atoms with van der Waals surface area (Å²) in [6.07, 6.45) is 3.30. The predicted octanol–water partition coefficient (Wildman–Crippen LogP) is -0.280. The lowest BCUT2D eigenvalue weighted by Crippen LogP contribution is -2.19. The first kappa shape index (κ1) is 11.4. The van der Waals surface area contributed by atoms with E-state index in [9.17, 15) is 14.4 Å². The third-order valence-corrected chi connectivity index (χ3v) is 1.13. The van der Waals surface area contributed by atoms with E-state index in [2.05, 4.69) is 4.74 Å². The third kappa shape index (κ3) is 5.60. The molecule has 5 heteroatoms. The van der Waals surface area contributed by atoms with E-state index in [1.807, 2.05) is 0 Å². The molecule has 0 aromatic heterocycles. The van der Waals surface area contributed by atoms with Gasteiger partial charge in [-0.2, -0.15) is 0 Å². The highest BCUT2D eigenvalue weighted by molar-refractivity contribution is 5.82. The van der Waals surface area contributed by atoms with Crippen LogP contribution in [0.1, 0.15) is 6.92 Å². The van der Waals surface area contributed by atoms with Crippen molar-refractivity contribution in [2.24, 2.45) is 0 Å². The van der Waals surface area contributed by atoms with Crippen LogP contribution in [-0.2, 0) is 19.1 Å². The number of hydrogen-bond donors (Lipinski definition) is 0. The fraction of sp³-hybridized carbons (Fsp3) is 0.375. The molecule has 0 saturated heterocycles. The minimum atomic E-state index is -0.487. The number of hydrogen-bond acceptors (Lipinski definition) is 4. The van der Waals surface area contributed by atoms with Crippen LogP contribution in [0, 0.1) is 0 Å². The van der Waals surface area contributed by atoms with E-state index in [0.717, 1.165) is 4.90 Å². The highest BCUT2D eigenvalue weighted by Crippen LogP contribution is 1.83. The van der Waals surface area contributed by atoms with E-state index < -0.39 is 5.97 Å². The lowest BCUT2D eigenvalue weighted by Gasteiger charge is -2.02. The molecule has 0 radical (unpaired) electrons. The summed E-state index contributed by atoms with van der Waals surface area (Å²) in [5, 5.41) is 0. The maximum absolute atomic E-state index is 10.7. The van der Waals surface area contributed by atoms with E-state index in [4.69, 9.17) is 0 Å². The number of imide groups is 1. The quantitative estimate of drug-likeness (QED) is 0.324. The second kappa shape index (κ2) is 7.02. The Hall–Kier alpha value is -1.65. The molecule has 0 atom stereocenters. The molecule has 0 bridgehead atoms. The fourth-order valence-electron chi connectivity index (χ4n) is 0.572. The van der Waals surface area contributed by atoms with Gasteiger partial charge in [0.15, 0.2) is 0 Å². The summed E-state index contributed by atoms with van der Waals surface area (Å²) >= 11 is 0. The normalized spacial score (nSPS) is 9.62. The number of amides is 2. The van der Waals surface area contributed by atoms with E-state index >= 15 is 0 Å². The second-order valence-corrected chi connectivity index (χ2v) is 2.06. The Morgan fingerprint density at radius 3 is 2.46 bits per heavy atom. The van der Waals surface area contributed by atoms with Gasteiger partial charge in [-0.25, -0.2) is 4.79 Å². The van der Waals surface area contributed by atoms with E-state index in [1.54, 1.807) is 6.92 Å². The Kier molecular flexibility index (Phi) is 6.13. The highest BCUT2D eigenvalue weighted by atomic mass is 16.5. The monoisotopic (exact) mass is 185 g/mol. The van der Waals surface area contributed by atoms with Gasteiger partial charge in [-0.05, 0) is 6.92 Å². The summed E-state index contributed by atoms with van der Waals surface area (Å²) < 4.78 is 4.57. The number of carbonyl (C=O) groups is 3. The molecule has 5 nitrogen and oxygen atoms in total. The number of carbonyl (C=O) groups excluding carboxylic acids is 3. The van der Waals surface area contributed by atoms with E-state index in [-0.39, 0.29) is 6.54 Å². The van der Waals surface area contributed by atoms with Gasteiger partial charge in [0.1, 0.15) is 0 Å². The summed E-state index contributed by atoms with van der Waals surface area (Å²) in [7, 11) is 0. The maximum Gasteiger partial charge on any atom is 0.330 e. The predicted molar refractivity (Wildman–Crippen MR) is 44.6 cm³/mol. The van der Waals surface area contributed by atoms with E-state index in [1.165, 1.54) is 12.2 Å². The van der Waals surface area contributed by atoms with Crippen molar-refractivity contribution in [2.45, 2.75) is 6.92 Å². The number of nitrogens with zero attached hydrogens (tertiary/aromatic N) is 1. The molecule has 0 spiro atoms. The summed E-state index contributed by atoms with van der Waals surface area (Å²) in [5.74, 6) is -0.487. The van der Waals surface area contributed by atoms with Gasteiger partial charge in [0.05, 0.1) is 6.61 Å². The summed E-state index contributed by atoms with van der Waals surface area (Å²) in [6.45, 7) is 2.06. The molecule has 0 aromatic carbocycles. The molecule has 0 aliphatic heterocycles. The summed E-state index contributed by atoms with van der Waals surface area (Å²) in [4.78, 5) is 31.7. The van der Waals surface area contributed by atoms with Crippen molar-refractivity contribution in [2.75, 3.05) is 13.2 Å². The molecule has 0 unspecified atom stereocenters. The van der Waals surface area contributed by atoms with Crippen molar-refractivity contribution >= 4 is 18.8 Å². The molecular formula is C8H11NO4. The lowest BCUT2D eigenvalue weighted by atomic mass is 10.5. The fourth-order valence-corrected chi connectivity index (χ4v) is 0.572. The van der Waals surface area contributed by atoms with Crippen LogP contribution in [0.25, 0.3) is 0 Å². The molecule has 0 fully saturated rings. The van der Waals surface area contributed by atoms with Crippen molar-refractivity contribution < 1.29 is 19.1 Å². The first-order valence-corrected chi connectivity index (χ1v) is 3.74. The van der Waals surface area contributed by atoms with Gasteiger partial charge in [-0.15, -0.1) is 0 Å². The number of esters is 1. The van der Waals surface area contributed by atoms with Crippen molar-refractivity contribution in [3.8, 4) is 0 Å². The highest BCUT2D eigenvalue weighted by Gasteiger charge is 1.96. The topological polar surface area (TPSA) is 63.7 Å². The average Bonchev–Trinajstić information content (AvgIpc) is 2.13. The van der Waals surface area contributed by atoms with Crippen LogP contribution in [0.4, 0.5) is 0 Å². The second-order valence-electron chi connectivity index (χ2n) is 2.06. The summed E-state index contributed by atoms with van der Waals surface area (Å²) in [5.41, 5.74) is 0. The largest absolute Gasteiger partial charge is 0.463 e. The molecule has 0 saturated carbocycles. The molecule has 0 aliphatic rings. The van der Waals surface area contributed by atoms with Crippen LogP contribution in [0.15, 0.2) is 12.2 Å². The van der Waals surface area contributed by atoms with Gasteiger partial charge in [0.2, 0.25) is 12.8 Å². The molecule has 13 heavy (non-hydrogen) atoms. The molecular weight excluding hydrogens is 174 g/mol. The zero-order chi connectivity index (χ0) is 10.1. The standard InChI is InChI=1S/C8H11NO4/c1-2-13-8(12)4-3-5-9(6-10)7-11/h3-4,6-7H,2,5H2,1H3/b4-3+. The smallest absolute Gasteiger partial charge is 0.330 e. The molecule has 2 amide bonds. The van der Waals surface area contributed by atoms with Crippen molar-refractivity contribution in [3.63, 3.8) is 0 Å². The van der Waals surface area contributed by atoms with Gasteiger partial charge in [0.25, 0.3) is 0 Å². The molecule has 0 aliphatic carbocycles. The van der Waals surface area contributed by atoms with Crippen molar-refractivity contribution in [1.29, 1.82) is 0 Å². The van der Waals surface area contributed by atoms with Crippen molar-refractivity contribution in [1.82, 2.24) is 4.90 Å². The van der Waals surface area contributed by atoms with Crippen LogP contribution >= 0.6 is 0 Å². The minimum Gasteiger partial charge on any atom is -0.463 e. The minimum absolute atomic E-state index is 0.0752. The zero-order valence-corrected chi connectivity index (χ0v) is 7.30. The molecule has 72 valence electrons. The molecule has 0 rings (SSSR count). The zero-order valence-electron chi connectivity index (χ0n) is 7.30. The van der Waals surface area contributed by atoms with Gasteiger partial charge < -0.3 is 4.74 Å². The van der Waals surface area contributed by atoms with Gasteiger partial charge in [0, 0.05) is 12.6 Å². The Labute approximate surface area is 76.0 Å². The van der Waals surface area contributed by atoms with Gasteiger partial charge in [-0.1, -0.05) is 6.08 Å². The van der Waals surface area contributed by atoms with Gasteiger partial charge in [-0.3, -0.25) is 14.5 Å². The maximum atomic E-state index is 10.7. The molecule has 0 aromatic rings. The van der Waals surface area contributed by atoms with Crippen LogP contribution in [0.5, 0.6) is 0 Å². The number of ether oxygens (including phenoxy) is 1. The lowest BCUT2D eigenvalue weighted by molar-refractivity contribution is -0.137. The molecule has 0 heterocycles. The van der Waals surface area contributed by atoms with E-state index in [0.29, 0.717) is 19.4 Å².